The molecule has 68 heavy (non-hydrogen) atoms. The lowest BCUT2D eigenvalue weighted by atomic mass is 10.2. The first-order valence-electron chi connectivity index (χ1n) is 24.5. The molecule has 18 nitrogen and oxygen atoms in total. The maximum atomic E-state index is 10.2. The number of hydrogen-bond acceptors (Lipinski definition) is 18. The van der Waals surface area contributed by atoms with Gasteiger partial charge in [-0.25, -0.2) is 0 Å². The molecule has 0 aromatic heterocycles. The summed E-state index contributed by atoms with van der Waals surface area (Å²) in [6, 6.07) is 16.5. The van der Waals surface area contributed by atoms with Crippen LogP contribution in [0.15, 0.2) is 61.2 Å². The number of ether oxygens (including phenoxy) is 8. The number of benzene rings is 2. The number of aliphatic hydroxyl groups excluding tert-OH is 2. The molecule has 2 N–H and O–H groups in total. The Morgan fingerprint density at radius 3 is 1.28 bits per heavy atom. The molecule has 20 heteroatoms. The monoisotopic (exact) mass is 999 g/mol. The first-order valence-corrected chi connectivity index (χ1v) is 27.8. The Hall–Kier alpha value is -2.75. The number of anilines is 2. The Kier molecular flexibility index (Phi) is 28.7. The molecule has 6 atom stereocenters. The van der Waals surface area contributed by atoms with Crippen molar-refractivity contribution in [1.82, 2.24) is 0 Å². The zero-order valence-corrected chi connectivity index (χ0v) is 43.7. The molecule has 0 bridgehead atoms. The number of rotatable bonds is 38. The smallest absolute Gasteiger partial charge is 0.491 e. The minimum Gasteiger partial charge on any atom is -0.491 e. The Morgan fingerprint density at radius 1 is 0.588 bits per heavy atom. The second-order valence-electron chi connectivity index (χ2n) is 16.2. The molecule has 0 radical (unpaired) electrons. The van der Waals surface area contributed by atoms with Crippen molar-refractivity contribution in [1.29, 1.82) is 0 Å². The fourth-order valence-electron chi connectivity index (χ4n) is 6.69. The molecule has 2 aromatic carbocycles. The van der Waals surface area contributed by atoms with Crippen LogP contribution in [0.3, 0.4) is 0 Å². The topological polar surface area (TPSA) is 189 Å². The predicted molar refractivity (Wildman–Crippen MR) is 263 cm³/mol. The number of epoxide rings is 4. The Morgan fingerprint density at radius 2 is 0.956 bits per heavy atom. The molecule has 4 aliphatic heterocycles. The van der Waals surface area contributed by atoms with Crippen molar-refractivity contribution in [3.8, 4) is 11.5 Å². The van der Waals surface area contributed by atoms with E-state index in [0.29, 0.717) is 89.1 Å². The summed E-state index contributed by atoms with van der Waals surface area (Å²) in [5.41, 5.74) is 2.25. The molecule has 388 valence electrons. The van der Waals surface area contributed by atoms with Crippen LogP contribution in [0, 0.1) is 0 Å². The van der Waals surface area contributed by atoms with Crippen LogP contribution >= 0.6 is 0 Å². The Labute approximate surface area is 408 Å². The third-order valence-electron chi connectivity index (χ3n) is 10.2. The van der Waals surface area contributed by atoms with Gasteiger partial charge < -0.3 is 84.5 Å². The highest BCUT2D eigenvalue weighted by atomic mass is 28.4. The van der Waals surface area contributed by atoms with Gasteiger partial charge in [0.25, 0.3) is 0 Å². The summed E-state index contributed by atoms with van der Waals surface area (Å²) < 4.78 is 76.8. The van der Waals surface area contributed by atoms with E-state index in [9.17, 15) is 10.2 Å². The maximum absolute atomic E-state index is 10.2. The zero-order valence-electron chi connectivity index (χ0n) is 41.5. The molecule has 0 spiro atoms. The molecule has 2 aromatic rings. The van der Waals surface area contributed by atoms with E-state index >= 15 is 0 Å². The highest BCUT2D eigenvalue weighted by Crippen LogP contribution is 2.27. The van der Waals surface area contributed by atoms with E-state index in [0.717, 1.165) is 76.2 Å². The largest absolute Gasteiger partial charge is 0.501 e. The highest BCUT2D eigenvalue weighted by molar-refractivity contribution is 6.60. The lowest BCUT2D eigenvalue weighted by Crippen LogP contribution is -2.46. The van der Waals surface area contributed by atoms with Crippen molar-refractivity contribution in [3.63, 3.8) is 0 Å². The van der Waals surface area contributed by atoms with E-state index in [1.54, 1.807) is 6.08 Å². The maximum Gasteiger partial charge on any atom is 0.501 e. The number of nitrogens with zero attached hydrogens (tertiary/aromatic N) is 2. The van der Waals surface area contributed by atoms with Crippen LogP contribution < -0.4 is 19.3 Å². The quantitative estimate of drug-likeness (QED) is 0.0413. The van der Waals surface area contributed by atoms with E-state index in [2.05, 4.69) is 16.4 Å². The van der Waals surface area contributed by atoms with Gasteiger partial charge in [0.15, 0.2) is 0 Å². The third kappa shape index (κ3) is 25.4. The van der Waals surface area contributed by atoms with E-state index in [4.69, 9.17) is 64.5 Å². The van der Waals surface area contributed by atoms with Crippen LogP contribution in [0.25, 0.3) is 0 Å². The van der Waals surface area contributed by atoms with Crippen LogP contribution in [0.5, 0.6) is 11.5 Å². The molecule has 4 saturated heterocycles. The van der Waals surface area contributed by atoms with E-state index in [-0.39, 0.29) is 26.4 Å². The van der Waals surface area contributed by atoms with Crippen molar-refractivity contribution in [2.24, 2.45) is 0 Å². The minimum atomic E-state index is -2.64. The second kappa shape index (κ2) is 33.8. The van der Waals surface area contributed by atoms with Crippen LogP contribution in [-0.4, -0.2) is 197 Å². The molecule has 4 aliphatic rings. The van der Waals surface area contributed by atoms with Crippen LogP contribution in [0.2, 0.25) is 6.04 Å². The lowest BCUT2D eigenvalue weighted by molar-refractivity contribution is 0.0102. The summed E-state index contributed by atoms with van der Waals surface area (Å²) in [5, 5.41) is 20.0. The first-order chi connectivity index (χ1) is 33.2. The molecule has 6 unspecified atom stereocenters. The Balaban J connectivity index is 0.000000256. The molecule has 4 fully saturated rings. The highest BCUT2D eigenvalue weighted by Gasteiger charge is 2.39. The number of hydrogen-bond donors (Lipinski definition) is 2. The molecular formula is C48H82N2O16Si2. The van der Waals surface area contributed by atoms with Crippen molar-refractivity contribution in [2.45, 2.75) is 90.6 Å². The van der Waals surface area contributed by atoms with Crippen LogP contribution in [-0.2, 0) is 55.0 Å². The summed E-state index contributed by atoms with van der Waals surface area (Å²) in [4.78, 5) is 4.58. The molecule has 4 heterocycles. The lowest BCUT2D eigenvalue weighted by Gasteiger charge is -2.28. The average molecular weight is 999 g/mol. The predicted octanol–water partition coefficient (Wildman–Crippen LogP) is 4.53. The minimum absolute atomic E-state index is 0.171. The summed E-state index contributed by atoms with van der Waals surface area (Å²) in [6.07, 6.45) is 2.36. The number of aliphatic hydroxyl groups is 2. The van der Waals surface area contributed by atoms with Gasteiger partial charge in [-0.1, -0.05) is 6.08 Å². The molecule has 0 saturated carbocycles. The normalized spacial score (nSPS) is 19.7. The van der Waals surface area contributed by atoms with Gasteiger partial charge in [0.2, 0.25) is 0 Å². The second-order valence-corrected chi connectivity index (χ2v) is 20.5. The summed E-state index contributed by atoms with van der Waals surface area (Å²) >= 11 is 0. The van der Waals surface area contributed by atoms with Crippen LogP contribution in [0.1, 0.15) is 48.0 Å². The van der Waals surface area contributed by atoms with Gasteiger partial charge >= 0.3 is 18.3 Å². The van der Waals surface area contributed by atoms with Crippen molar-refractivity contribution in [3.05, 3.63) is 61.2 Å². The Bertz CT molecular complexity index is 1510. The van der Waals surface area contributed by atoms with Crippen molar-refractivity contribution < 1.29 is 74.7 Å². The summed E-state index contributed by atoms with van der Waals surface area (Å²) in [6.45, 7) is 27.6. The fourth-order valence-corrected chi connectivity index (χ4v) is 10.4. The van der Waals surface area contributed by atoms with Gasteiger partial charge in [0.1, 0.15) is 36.9 Å². The molecule has 0 amide bonds. The van der Waals surface area contributed by atoms with Gasteiger partial charge in [-0.3, -0.25) is 0 Å². The molecule has 6 rings (SSSR count). The standard InChI is InChI=1S/C24H41NO8Si.C18H25NO5.C6H16O3Si/c1-4-31-34(32-5-2,33-6-3)13-7-12-27-16-21(26)17-28-22-10-8-20(9-11-22)25(14-23-18-29-23)15-24-19-30-24;1-2-7-21-10-15(20)11-22-16-5-3-14(4-6-16)19(8-17-12-23-17)9-18-13-24-18;1-4-7-10(8-5-2)9-6-3/h8-11,21,23-24,26H,4-7,12-19H2,1-3H3;2-6,15,17-18,20H,1,7-13H2;10H,4-6H2,1-3H3. The zero-order chi connectivity index (χ0) is 48.8. The van der Waals surface area contributed by atoms with Gasteiger partial charge in [0.05, 0.1) is 70.7 Å². The molecular weight excluding hydrogens is 917 g/mol. The summed E-state index contributed by atoms with van der Waals surface area (Å²) in [5.74, 6) is 1.45. The summed E-state index contributed by atoms with van der Waals surface area (Å²) in [7, 11) is -4.37. The average Bonchev–Trinajstić information content (AvgIpc) is 4.10. The van der Waals surface area contributed by atoms with Crippen molar-refractivity contribution in [2.75, 3.05) is 142 Å². The van der Waals surface area contributed by atoms with Crippen LogP contribution in [0.4, 0.5) is 11.4 Å². The third-order valence-corrected chi connectivity index (χ3v) is 15.2. The van der Waals surface area contributed by atoms with Gasteiger partial charge in [-0.2, -0.15) is 0 Å². The first kappa shape index (κ1) is 57.8. The van der Waals surface area contributed by atoms with E-state index < -0.39 is 30.5 Å². The van der Waals surface area contributed by atoms with Gasteiger partial charge in [-0.05, 0) is 96.5 Å². The van der Waals surface area contributed by atoms with Gasteiger partial charge in [-0.15, -0.1) is 6.58 Å². The van der Waals surface area contributed by atoms with Gasteiger partial charge in [0, 0.05) is 89.8 Å². The van der Waals surface area contributed by atoms with Crippen molar-refractivity contribution >= 4 is 29.7 Å². The fraction of sp³-hybridized carbons (Fsp3) is 0.708. The van der Waals surface area contributed by atoms with E-state index in [1.807, 2.05) is 90.1 Å². The molecule has 0 aliphatic carbocycles. The van der Waals surface area contributed by atoms with E-state index in [1.165, 1.54) is 0 Å². The SMILES string of the molecule is C=CCOCC(O)COc1ccc(N(CC2CO2)CC2CO2)cc1.CCO[SiH](OCC)OCC.CCO[Si](CCCOCC(O)COc1ccc(N(CC2CO2)CC2CO2)cc1)(OCC)OCC.